The van der Waals surface area contributed by atoms with Crippen molar-refractivity contribution in [3.63, 3.8) is 0 Å². The fourth-order valence-corrected chi connectivity index (χ4v) is 7.36. The molecule has 0 bridgehead atoms. The van der Waals surface area contributed by atoms with E-state index in [-0.39, 0.29) is 34.7 Å². The molecule has 202 valence electrons. The Morgan fingerprint density at radius 2 is 1.47 bits per heavy atom. The molecule has 2 N–H and O–H groups in total. The van der Waals surface area contributed by atoms with Crippen LogP contribution < -0.4 is 10.0 Å². The number of hydrogen-bond acceptors (Lipinski definition) is 6. The van der Waals surface area contributed by atoms with Crippen LogP contribution in [0.15, 0.2) is 81.4 Å². The van der Waals surface area contributed by atoms with Crippen LogP contribution in [0.25, 0.3) is 0 Å². The number of amides is 1. The van der Waals surface area contributed by atoms with E-state index in [0.29, 0.717) is 24.2 Å². The van der Waals surface area contributed by atoms with Crippen molar-refractivity contribution in [1.29, 1.82) is 0 Å². The minimum absolute atomic E-state index is 0.0829. The molecule has 11 heteroatoms. The number of benzene rings is 3. The number of aryl methyl sites for hydroxylation is 2. The second-order valence-corrected chi connectivity index (χ2v) is 13.8. The largest absolute Gasteiger partial charge is 0.326 e. The first-order valence-electron chi connectivity index (χ1n) is 12.1. The number of anilines is 2. The number of carbonyl (C=O) groups is 1. The fraction of sp³-hybridized carbons (Fsp3) is 0.296. The van der Waals surface area contributed by atoms with Crippen molar-refractivity contribution in [2.24, 2.45) is 5.92 Å². The smallest absolute Gasteiger partial charge is 0.261 e. The summed E-state index contributed by atoms with van der Waals surface area (Å²) in [5.74, 6) is -0.551. The summed E-state index contributed by atoms with van der Waals surface area (Å²) in [4.78, 5) is 14.2. The number of rotatable bonds is 8. The van der Waals surface area contributed by atoms with Crippen molar-refractivity contribution in [2.45, 2.75) is 41.4 Å². The molecule has 0 unspecified atom stereocenters. The molecule has 3 aromatic rings. The van der Waals surface area contributed by atoms with E-state index in [9.17, 15) is 21.6 Å². The maximum absolute atomic E-state index is 13.0. The Labute approximate surface area is 228 Å². The van der Waals surface area contributed by atoms with Gasteiger partial charge in [-0.1, -0.05) is 17.7 Å². The van der Waals surface area contributed by atoms with Crippen LogP contribution in [-0.4, -0.2) is 46.4 Å². The molecular weight excluding hydrogens is 543 g/mol. The molecule has 0 saturated carbocycles. The number of nitrogens with one attached hydrogen (secondary N) is 2. The lowest BCUT2D eigenvalue weighted by molar-refractivity contribution is -0.120. The molecule has 0 spiro atoms. The molecule has 1 saturated heterocycles. The number of piperidine rings is 1. The average molecular weight is 574 g/mol. The monoisotopic (exact) mass is 573 g/mol. The van der Waals surface area contributed by atoms with Crippen molar-refractivity contribution in [3.8, 4) is 0 Å². The van der Waals surface area contributed by atoms with E-state index in [0.717, 1.165) is 16.0 Å². The van der Waals surface area contributed by atoms with E-state index in [1.807, 2.05) is 32.2 Å². The van der Waals surface area contributed by atoms with Crippen molar-refractivity contribution in [2.75, 3.05) is 29.4 Å². The molecule has 0 aliphatic carbocycles. The van der Waals surface area contributed by atoms with E-state index in [1.54, 1.807) is 54.2 Å². The summed E-state index contributed by atoms with van der Waals surface area (Å²) in [5, 5.41) is 2.83. The summed E-state index contributed by atoms with van der Waals surface area (Å²) >= 11 is 1.54. The highest BCUT2D eigenvalue weighted by molar-refractivity contribution is 7.98. The number of carbonyl (C=O) groups excluding carboxylic acids is 1. The van der Waals surface area contributed by atoms with Gasteiger partial charge in [-0.2, -0.15) is 4.31 Å². The lowest BCUT2D eigenvalue weighted by Crippen LogP contribution is -2.41. The molecule has 3 aromatic carbocycles. The third-order valence-electron chi connectivity index (χ3n) is 6.58. The van der Waals surface area contributed by atoms with Crippen LogP contribution in [0.4, 0.5) is 11.4 Å². The highest BCUT2D eigenvalue weighted by Crippen LogP contribution is 2.27. The highest BCUT2D eigenvalue weighted by atomic mass is 32.2. The number of hydrogen-bond donors (Lipinski definition) is 2. The zero-order chi connectivity index (χ0) is 27.5. The summed E-state index contributed by atoms with van der Waals surface area (Å²) in [6.45, 7) is 4.29. The van der Waals surface area contributed by atoms with Gasteiger partial charge in [-0.05, 0) is 93.1 Å². The lowest BCUT2D eigenvalue weighted by atomic mass is 9.97. The zero-order valence-electron chi connectivity index (χ0n) is 21.5. The van der Waals surface area contributed by atoms with Crippen molar-refractivity contribution < 1.29 is 21.6 Å². The first-order valence-corrected chi connectivity index (χ1v) is 16.3. The Balaban J connectivity index is 1.34. The van der Waals surface area contributed by atoms with Crippen LogP contribution in [0.3, 0.4) is 0 Å². The van der Waals surface area contributed by atoms with Crippen molar-refractivity contribution >= 4 is 49.1 Å². The molecule has 38 heavy (non-hydrogen) atoms. The number of thioether (sulfide) groups is 1. The lowest BCUT2D eigenvalue weighted by Gasteiger charge is -2.30. The van der Waals surface area contributed by atoms with Crippen LogP contribution in [0.1, 0.15) is 24.0 Å². The summed E-state index contributed by atoms with van der Waals surface area (Å²) in [6.07, 6.45) is 2.74. The SMILES string of the molecule is CSc1ccc(S(=O)(=O)N2CCC(C(=O)Nc3ccc(S(=O)(=O)Nc4ccc(C)cc4C)cc3)CC2)cc1. The molecule has 0 radical (unpaired) electrons. The quantitative estimate of drug-likeness (QED) is 0.372. The van der Waals surface area contributed by atoms with Gasteiger partial charge in [-0.15, -0.1) is 11.8 Å². The Hall–Kier alpha value is -2.86. The summed E-state index contributed by atoms with van der Waals surface area (Å²) in [5.41, 5.74) is 2.85. The average Bonchev–Trinajstić information content (AvgIpc) is 2.90. The molecule has 1 aliphatic rings. The summed E-state index contributed by atoms with van der Waals surface area (Å²) in [7, 11) is -7.40. The Morgan fingerprint density at radius 3 is 2.05 bits per heavy atom. The minimum Gasteiger partial charge on any atom is -0.326 e. The van der Waals surface area contributed by atoms with E-state index in [4.69, 9.17) is 0 Å². The molecular formula is C27H31N3O5S3. The Bertz CT molecular complexity index is 1510. The molecule has 1 aliphatic heterocycles. The van der Waals surface area contributed by atoms with Gasteiger partial charge in [0.1, 0.15) is 0 Å². The fourth-order valence-electron chi connectivity index (χ4n) is 4.35. The normalized spacial score (nSPS) is 15.2. The standard InChI is InChI=1S/C27H31N3O5S3/c1-19-4-13-26(20(2)18-19)29-37(32,33)24-9-5-22(6-10-24)28-27(31)21-14-16-30(17-15-21)38(34,35)25-11-7-23(36-3)8-12-25/h4-13,18,21,29H,14-17H2,1-3H3,(H,28,31). The predicted molar refractivity (Wildman–Crippen MR) is 152 cm³/mol. The van der Waals surface area contributed by atoms with Gasteiger partial charge in [0.05, 0.1) is 15.5 Å². The topological polar surface area (TPSA) is 113 Å². The van der Waals surface area contributed by atoms with Crippen LogP contribution >= 0.6 is 11.8 Å². The van der Waals surface area contributed by atoms with Crippen molar-refractivity contribution in [1.82, 2.24) is 4.31 Å². The van der Waals surface area contributed by atoms with Crippen molar-refractivity contribution in [3.05, 3.63) is 77.9 Å². The predicted octanol–water partition coefficient (Wildman–Crippen LogP) is 4.87. The van der Waals surface area contributed by atoms with Gasteiger partial charge in [0.25, 0.3) is 10.0 Å². The van der Waals surface area contributed by atoms with E-state index in [2.05, 4.69) is 10.0 Å². The molecule has 8 nitrogen and oxygen atoms in total. The highest BCUT2D eigenvalue weighted by Gasteiger charge is 2.32. The molecule has 0 atom stereocenters. The van der Waals surface area contributed by atoms with Gasteiger partial charge >= 0.3 is 0 Å². The van der Waals surface area contributed by atoms with Gasteiger partial charge in [-0.25, -0.2) is 16.8 Å². The van der Waals surface area contributed by atoms with E-state index < -0.39 is 20.0 Å². The van der Waals surface area contributed by atoms with Crippen LogP contribution in [0.5, 0.6) is 0 Å². The van der Waals surface area contributed by atoms with Gasteiger partial charge in [0.15, 0.2) is 0 Å². The Morgan fingerprint density at radius 1 is 0.868 bits per heavy atom. The van der Waals surface area contributed by atoms with Crippen LogP contribution in [0, 0.1) is 19.8 Å². The minimum atomic E-state index is -3.79. The second-order valence-electron chi connectivity index (χ2n) is 9.29. The number of nitrogens with zero attached hydrogens (tertiary/aromatic N) is 1. The molecule has 0 aromatic heterocycles. The van der Waals surface area contributed by atoms with Gasteiger partial charge in [0, 0.05) is 29.6 Å². The molecule has 1 amide bonds. The maximum atomic E-state index is 13.0. The summed E-state index contributed by atoms with van der Waals surface area (Å²) < 4.78 is 55.6. The summed E-state index contributed by atoms with van der Waals surface area (Å²) in [6, 6.07) is 18.3. The third-order valence-corrected chi connectivity index (χ3v) is 10.6. The zero-order valence-corrected chi connectivity index (χ0v) is 23.9. The van der Waals surface area contributed by atoms with Gasteiger partial charge < -0.3 is 5.32 Å². The molecule has 1 heterocycles. The first-order chi connectivity index (χ1) is 18.0. The number of sulfonamides is 2. The first kappa shape index (κ1) is 28.2. The molecule has 4 rings (SSSR count). The van der Waals surface area contributed by atoms with Gasteiger partial charge in [-0.3, -0.25) is 9.52 Å². The van der Waals surface area contributed by atoms with Gasteiger partial charge in [0.2, 0.25) is 15.9 Å². The van der Waals surface area contributed by atoms with E-state index >= 15 is 0 Å². The molecule has 1 fully saturated rings. The third kappa shape index (κ3) is 6.40. The van der Waals surface area contributed by atoms with Crippen LogP contribution in [-0.2, 0) is 24.8 Å². The van der Waals surface area contributed by atoms with Crippen LogP contribution in [0.2, 0.25) is 0 Å². The van der Waals surface area contributed by atoms with E-state index in [1.165, 1.54) is 16.4 Å². The second kappa shape index (κ2) is 11.5. The Kier molecular flexibility index (Phi) is 8.51. The maximum Gasteiger partial charge on any atom is 0.261 e.